The molecule has 0 aliphatic heterocycles. The van der Waals surface area contributed by atoms with Crippen LogP contribution in [-0.2, 0) is 9.59 Å². The van der Waals surface area contributed by atoms with E-state index in [1.165, 1.54) is 0 Å². The number of hydrogen-bond acceptors (Lipinski definition) is 4. The highest BCUT2D eigenvalue weighted by Crippen LogP contribution is 2.34. The van der Waals surface area contributed by atoms with Gasteiger partial charge in [0, 0.05) is 37.4 Å². The van der Waals surface area contributed by atoms with Crippen molar-refractivity contribution in [3.05, 3.63) is 97.1 Å². The molecule has 2 amide bonds. The SMILES string of the molecule is CC(C)(C)C(Nc1c2ccccc2[nH+]c2ccccc12)C(=O)NCCCCCNC(=O)C(Nc1c2ccccc2[nH+]c2ccccc12)C(C)(C)C.[Cl-].[Cl-]. The maximum absolute atomic E-state index is 13.7. The van der Waals surface area contributed by atoms with E-state index in [9.17, 15) is 9.59 Å². The summed E-state index contributed by atoms with van der Waals surface area (Å²) in [4.78, 5) is 34.4. The lowest BCUT2D eigenvalue weighted by atomic mass is 9.85. The van der Waals surface area contributed by atoms with E-state index in [2.05, 4.69) is 121 Å². The minimum Gasteiger partial charge on any atom is -1.00 e. The summed E-state index contributed by atoms with van der Waals surface area (Å²) in [6.07, 6.45) is 2.53. The summed E-state index contributed by atoms with van der Waals surface area (Å²) in [7, 11) is 0. The van der Waals surface area contributed by atoms with Crippen molar-refractivity contribution in [2.75, 3.05) is 23.7 Å². The van der Waals surface area contributed by atoms with Gasteiger partial charge in [-0.05, 0) is 54.4 Å². The molecule has 6 N–H and O–H groups in total. The molecule has 0 spiro atoms. The predicted molar refractivity (Wildman–Crippen MR) is 210 cm³/mol. The van der Waals surface area contributed by atoms with Crippen LogP contribution in [0.4, 0.5) is 11.4 Å². The van der Waals surface area contributed by atoms with Crippen molar-refractivity contribution in [1.82, 2.24) is 10.6 Å². The average molecular weight is 756 g/mol. The van der Waals surface area contributed by atoms with Gasteiger partial charge in [0.1, 0.15) is 12.1 Å². The van der Waals surface area contributed by atoms with Gasteiger partial charge in [-0.25, -0.2) is 9.97 Å². The third kappa shape index (κ3) is 9.48. The standard InChI is InChI=1S/C43H50N6O2.2ClH/c1-42(2,3)38(48-36-28-18-8-12-22-32(28)46-33-23-13-9-19-29(33)36)40(50)44-26-16-7-17-27-45-41(51)39(43(4,5)6)49-37-30-20-10-14-24-34(30)47-35-25-15-11-21-31(35)37;;/h8-15,18-25,38-39H,7,16-17,26-27H2,1-6H3,(H,44,50)(H,45,51)(H,46,48)(H,47,49);2*1H. The summed E-state index contributed by atoms with van der Waals surface area (Å²) in [5, 5.41) is 17.9. The lowest BCUT2D eigenvalue weighted by Gasteiger charge is -2.32. The number of para-hydroxylation sites is 4. The monoisotopic (exact) mass is 754 g/mol. The van der Waals surface area contributed by atoms with Crippen LogP contribution in [0.1, 0.15) is 60.8 Å². The van der Waals surface area contributed by atoms with Crippen LogP contribution in [0.15, 0.2) is 97.1 Å². The van der Waals surface area contributed by atoms with Gasteiger partial charge in [-0.15, -0.1) is 0 Å². The molecular weight excluding hydrogens is 703 g/mol. The molecular formula is C43H52Cl2N6O2. The number of aromatic amines is 2. The number of aromatic nitrogens is 2. The van der Waals surface area contributed by atoms with E-state index in [0.29, 0.717) is 13.1 Å². The molecule has 2 heterocycles. The second-order valence-corrected chi connectivity index (χ2v) is 15.7. The number of unbranched alkanes of at least 4 members (excludes halogenated alkanes) is 2. The van der Waals surface area contributed by atoms with Crippen LogP contribution in [0.3, 0.4) is 0 Å². The Morgan fingerprint density at radius 2 is 0.774 bits per heavy atom. The van der Waals surface area contributed by atoms with Gasteiger partial charge in [0.2, 0.25) is 33.9 Å². The normalized spacial score (nSPS) is 12.8. The molecule has 280 valence electrons. The Balaban J connectivity index is 0.00000314. The number of rotatable bonds is 12. The first-order valence-electron chi connectivity index (χ1n) is 18.2. The third-order valence-electron chi connectivity index (χ3n) is 9.61. The molecule has 2 aromatic heterocycles. The first-order valence-corrected chi connectivity index (χ1v) is 18.2. The summed E-state index contributed by atoms with van der Waals surface area (Å²) in [6, 6.07) is 31.9. The Hall–Kier alpha value is -4.66. The summed E-state index contributed by atoms with van der Waals surface area (Å²) in [5.41, 5.74) is 5.33. The number of fused-ring (bicyclic) bond motifs is 4. The summed E-state index contributed by atoms with van der Waals surface area (Å²) in [5.74, 6) is -0.0381. The zero-order valence-electron chi connectivity index (χ0n) is 31.5. The molecule has 0 aliphatic carbocycles. The van der Waals surface area contributed by atoms with Gasteiger partial charge in [-0.3, -0.25) is 9.59 Å². The van der Waals surface area contributed by atoms with Gasteiger partial charge in [-0.1, -0.05) is 90.1 Å². The van der Waals surface area contributed by atoms with Crippen LogP contribution < -0.4 is 56.0 Å². The van der Waals surface area contributed by atoms with Gasteiger partial charge in [0.15, 0.2) is 0 Å². The molecule has 6 rings (SSSR count). The molecule has 2 unspecified atom stereocenters. The molecule has 0 saturated heterocycles. The second-order valence-electron chi connectivity index (χ2n) is 15.7. The second kappa shape index (κ2) is 17.4. The molecule has 6 aromatic rings. The number of carbonyl (C=O) groups is 2. The van der Waals surface area contributed by atoms with Crippen molar-refractivity contribution in [2.24, 2.45) is 10.8 Å². The van der Waals surface area contributed by atoms with Crippen LogP contribution in [0.2, 0.25) is 0 Å². The number of anilines is 2. The molecule has 8 nitrogen and oxygen atoms in total. The molecule has 53 heavy (non-hydrogen) atoms. The summed E-state index contributed by atoms with van der Waals surface area (Å²) < 4.78 is 0. The first kappa shape index (κ1) is 41.1. The molecule has 4 aromatic carbocycles. The molecule has 2 atom stereocenters. The van der Waals surface area contributed by atoms with E-state index < -0.39 is 12.1 Å². The maximum atomic E-state index is 13.7. The van der Waals surface area contributed by atoms with E-state index in [1.54, 1.807) is 0 Å². The number of H-pyrrole nitrogens is 2. The van der Waals surface area contributed by atoms with E-state index >= 15 is 0 Å². The van der Waals surface area contributed by atoms with Crippen molar-refractivity contribution in [2.45, 2.75) is 72.9 Å². The van der Waals surface area contributed by atoms with Crippen LogP contribution in [0, 0.1) is 10.8 Å². The predicted octanol–water partition coefficient (Wildman–Crippen LogP) is 1.69. The van der Waals surface area contributed by atoms with Gasteiger partial charge < -0.3 is 46.1 Å². The zero-order valence-corrected chi connectivity index (χ0v) is 33.0. The van der Waals surface area contributed by atoms with E-state index in [1.807, 2.05) is 48.5 Å². The Morgan fingerprint density at radius 1 is 0.491 bits per heavy atom. The lowest BCUT2D eigenvalue weighted by molar-refractivity contribution is -0.310. The van der Waals surface area contributed by atoms with Crippen molar-refractivity contribution in [3.8, 4) is 0 Å². The van der Waals surface area contributed by atoms with Gasteiger partial charge >= 0.3 is 0 Å². The van der Waals surface area contributed by atoms with Gasteiger partial charge in [0.25, 0.3) is 0 Å². The van der Waals surface area contributed by atoms with Crippen LogP contribution in [0.25, 0.3) is 43.6 Å². The third-order valence-corrected chi connectivity index (χ3v) is 9.61. The van der Waals surface area contributed by atoms with Crippen LogP contribution >= 0.6 is 0 Å². The molecule has 10 heteroatoms. The van der Waals surface area contributed by atoms with Crippen molar-refractivity contribution < 1.29 is 44.4 Å². The number of hydrogen-bond donors (Lipinski definition) is 4. The number of carbonyl (C=O) groups excluding carboxylic acids is 2. The highest BCUT2D eigenvalue weighted by Gasteiger charge is 2.34. The fourth-order valence-electron chi connectivity index (χ4n) is 6.83. The topological polar surface area (TPSA) is 111 Å². The Bertz CT molecular complexity index is 1930. The Labute approximate surface area is 325 Å². The molecule has 0 aliphatic rings. The molecule has 0 radical (unpaired) electrons. The highest BCUT2D eigenvalue weighted by atomic mass is 35.5. The van der Waals surface area contributed by atoms with Crippen LogP contribution in [-0.4, -0.2) is 37.0 Å². The minimum absolute atomic E-state index is 0. The molecule has 0 bridgehead atoms. The highest BCUT2D eigenvalue weighted by molar-refractivity contribution is 6.07. The fourth-order valence-corrected chi connectivity index (χ4v) is 6.83. The van der Waals surface area contributed by atoms with Gasteiger partial charge in [0.05, 0.1) is 32.9 Å². The maximum Gasteiger partial charge on any atom is 0.243 e. The average Bonchev–Trinajstić information content (AvgIpc) is 3.10. The van der Waals surface area contributed by atoms with Crippen molar-refractivity contribution in [1.29, 1.82) is 0 Å². The number of pyridine rings is 2. The zero-order chi connectivity index (χ0) is 36.2. The van der Waals surface area contributed by atoms with E-state index in [-0.39, 0.29) is 47.5 Å². The lowest BCUT2D eigenvalue weighted by Crippen LogP contribution is -3.00. The van der Waals surface area contributed by atoms with Crippen molar-refractivity contribution >= 4 is 66.8 Å². The van der Waals surface area contributed by atoms with Gasteiger partial charge in [-0.2, -0.15) is 0 Å². The van der Waals surface area contributed by atoms with E-state index in [0.717, 1.165) is 74.2 Å². The number of benzene rings is 4. The minimum atomic E-state index is -0.440. The Kier molecular flexibility index (Phi) is 13.5. The molecule has 0 fully saturated rings. The largest absolute Gasteiger partial charge is 1.00 e. The number of halogens is 2. The quantitative estimate of drug-likeness (QED) is 0.113. The number of nitrogens with one attached hydrogen (secondary N) is 6. The smallest absolute Gasteiger partial charge is 0.243 e. The Morgan fingerprint density at radius 3 is 1.06 bits per heavy atom. The van der Waals surface area contributed by atoms with E-state index in [4.69, 9.17) is 0 Å². The van der Waals surface area contributed by atoms with Crippen molar-refractivity contribution in [3.63, 3.8) is 0 Å². The summed E-state index contributed by atoms with van der Waals surface area (Å²) >= 11 is 0. The molecule has 0 saturated carbocycles. The summed E-state index contributed by atoms with van der Waals surface area (Å²) in [6.45, 7) is 13.7. The fraction of sp³-hybridized carbons (Fsp3) is 0.349. The number of amides is 2. The first-order chi connectivity index (χ1) is 24.4. The van der Waals surface area contributed by atoms with Crippen LogP contribution in [0.5, 0.6) is 0 Å².